The van der Waals surface area contributed by atoms with Gasteiger partial charge in [-0.25, -0.2) is 9.59 Å². The minimum atomic E-state index is -1.43. The van der Waals surface area contributed by atoms with Crippen LogP contribution in [0, 0.1) is 19.8 Å². The Hall–Kier alpha value is -4.08. The number of benzene rings is 2. The van der Waals surface area contributed by atoms with E-state index in [4.69, 9.17) is 14.6 Å². The van der Waals surface area contributed by atoms with Crippen LogP contribution in [0.1, 0.15) is 77.1 Å². The molecule has 0 radical (unpaired) electrons. The number of nitrogens with zero attached hydrogens (tertiary/aromatic N) is 1. The maximum absolute atomic E-state index is 13.5. The zero-order valence-corrected chi connectivity index (χ0v) is 26.9. The molecule has 2 aromatic carbocycles. The van der Waals surface area contributed by atoms with Gasteiger partial charge >= 0.3 is 12.2 Å². The van der Waals surface area contributed by atoms with Crippen LogP contribution < -0.4 is 20.3 Å². The monoisotopic (exact) mass is 597 g/mol. The molecule has 0 saturated heterocycles. The van der Waals surface area contributed by atoms with Crippen LogP contribution in [0.3, 0.4) is 0 Å². The van der Waals surface area contributed by atoms with E-state index in [0.29, 0.717) is 17.7 Å². The van der Waals surface area contributed by atoms with E-state index < -0.39 is 35.8 Å². The number of carbonyl (C=O) groups is 4. The molecular formula is C33H47N3O7. The van der Waals surface area contributed by atoms with Crippen LogP contribution in [0.25, 0.3) is 0 Å². The number of para-hydroxylation sites is 1. The Morgan fingerprint density at radius 3 is 2.12 bits per heavy atom. The molecule has 10 heteroatoms. The van der Waals surface area contributed by atoms with Crippen molar-refractivity contribution < 1.29 is 33.8 Å². The maximum Gasteiger partial charge on any atom is 0.511 e. The van der Waals surface area contributed by atoms with Crippen molar-refractivity contribution in [2.45, 2.75) is 99.3 Å². The number of anilines is 1. The summed E-state index contributed by atoms with van der Waals surface area (Å²) in [6.07, 6.45) is -0.402. The minimum absolute atomic E-state index is 0.0869. The molecular weight excluding hydrogens is 550 g/mol. The van der Waals surface area contributed by atoms with Crippen molar-refractivity contribution in [3.05, 3.63) is 58.7 Å². The number of amides is 3. The number of aryl methyl sites for hydroxylation is 3. The Kier molecular flexibility index (Phi) is 12.6. The van der Waals surface area contributed by atoms with E-state index in [0.717, 1.165) is 35.6 Å². The Bertz CT molecular complexity index is 1270. The molecule has 2 unspecified atom stereocenters. The summed E-state index contributed by atoms with van der Waals surface area (Å²) in [6.45, 7) is 17.4. The Morgan fingerprint density at radius 1 is 0.977 bits per heavy atom. The number of rotatable bonds is 7. The van der Waals surface area contributed by atoms with Crippen LogP contribution in [0.4, 0.5) is 15.3 Å². The second kappa shape index (κ2) is 15.4. The van der Waals surface area contributed by atoms with Crippen molar-refractivity contribution in [3.63, 3.8) is 0 Å². The number of alkyl carbamates (subject to hydrolysis) is 1. The number of carbonyl (C=O) groups excluding carboxylic acids is 3. The fraction of sp³-hybridized carbons (Fsp3) is 0.515. The highest BCUT2D eigenvalue weighted by Crippen LogP contribution is 2.27. The Morgan fingerprint density at radius 2 is 1.56 bits per heavy atom. The van der Waals surface area contributed by atoms with Gasteiger partial charge in [0.15, 0.2) is 0 Å². The van der Waals surface area contributed by atoms with Gasteiger partial charge < -0.3 is 30.1 Å². The molecule has 2 atom stereocenters. The van der Waals surface area contributed by atoms with Crippen molar-refractivity contribution in [2.24, 2.45) is 5.92 Å². The van der Waals surface area contributed by atoms with Crippen molar-refractivity contribution in [1.29, 1.82) is 0 Å². The summed E-state index contributed by atoms with van der Waals surface area (Å²) in [7, 11) is 0. The molecule has 236 valence electrons. The van der Waals surface area contributed by atoms with E-state index in [2.05, 4.69) is 31.4 Å². The molecule has 0 bridgehead atoms. The normalized spacial score (nSPS) is 14.0. The number of hydrogen-bond acceptors (Lipinski definition) is 6. The smallest absolute Gasteiger partial charge is 0.449 e. The van der Waals surface area contributed by atoms with E-state index in [1.807, 2.05) is 24.3 Å². The molecule has 0 fully saturated rings. The topological polar surface area (TPSA) is 134 Å². The lowest BCUT2D eigenvalue weighted by Crippen LogP contribution is -2.55. The molecule has 0 aromatic heterocycles. The standard InChI is InChI=1S/C29H37N3O7.C4H10/c1-17-14-21(38-28(36)37)15-18(2)22(17)16-23(31-27(35)39-29(4,5)6)25(33)30-19(3)26(34)32-13-9-11-20-10-7-8-12-24(20)32;1-4(2)3/h7-8,10,12,14-15,19,23H,9,11,13,16H2,1-6H3,(H,30,33)(H,31,35)(H,36,37);4H,1-3H3. The molecule has 0 spiro atoms. The molecule has 3 N–H and O–H groups in total. The third-order valence-electron chi connectivity index (χ3n) is 6.40. The summed E-state index contributed by atoms with van der Waals surface area (Å²) in [5.41, 5.74) is 3.24. The maximum atomic E-state index is 13.5. The molecule has 3 amide bonds. The molecule has 1 aliphatic rings. The molecule has 0 saturated carbocycles. The van der Waals surface area contributed by atoms with Gasteiger partial charge in [-0.15, -0.1) is 0 Å². The Labute approximate surface area is 255 Å². The lowest BCUT2D eigenvalue weighted by molar-refractivity contribution is -0.128. The first-order chi connectivity index (χ1) is 20.0. The summed E-state index contributed by atoms with van der Waals surface area (Å²) < 4.78 is 10.1. The van der Waals surface area contributed by atoms with E-state index >= 15 is 0 Å². The van der Waals surface area contributed by atoms with Crippen molar-refractivity contribution >= 4 is 29.8 Å². The molecule has 0 aliphatic carbocycles. The first kappa shape index (κ1) is 35.1. The second-order valence-corrected chi connectivity index (χ2v) is 12.5. The SMILES string of the molecule is CC(C)C.Cc1cc(OC(=O)O)cc(C)c1CC(NC(=O)OC(C)(C)C)C(=O)NC(C)C(=O)N1CCCc2ccccc21. The van der Waals surface area contributed by atoms with Gasteiger partial charge in [-0.1, -0.05) is 39.0 Å². The lowest BCUT2D eigenvalue weighted by atomic mass is 9.95. The van der Waals surface area contributed by atoms with Crippen LogP contribution in [-0.4, -0.2) is 53.4 Å². The van der Waals surface area contributed by atoms with Crippen molar-refractivity contribution in [3.8, 4) is 5.75 Å². The van der Waals surface area contributed by atoms with E-state index in [1.165, 1.54) is 0 Å². The largest absolute Gasteiger partial charge is 0.511 e. The van der Waals surface area contributed by atoms with Gasteiger partial charge in [0, 0.05) is 18.7 Å². The molecule has 1 aliphatic heterocycles. The molecule has 3 rings (SSSR count). The first-order valence-electron chi connectivity index (χ1n) is 14.7. The average molecular weight is 598 g/mol. The summed E-state index contributed by atoms with van der Waals surface area (Å²) >= 11 is 0. The van der Waals surface area contributed by atoms with Gasteiger partial charge in [-0.2, -0.15) is 0 Å². The fourth-order valence-electron chi connectivity index (χ4n) is 4.67. The Balaban J connectivity index is 0.00000151. The molecule has 10 nitrogen and oxygen atoms in total. The first-order valence-corrected chi connectivity index (χ1v) is 14.7. The third-order valence-corrected chi connectivity index (χ3v) is 6.40. The summed E-state index contributed by atoms with van der Waals surface area (Å²) in [6, 6.07) is 8.92. The van der Waals surface area contributed by atoms with Crippen LogP contribution in [0.5, 0.6) is 5.75 Å². The number of hydrogen-bond donors (Lipinski definition) is 3. The summed E-state index contributed by atoms with van der Waals surface area (Å²) in [5.74, 6) is 0.203. The van der Waals surface area contributed by atoms with Gasteiger partial charge in [-0.3, -0.25) is 9.59 Å². The number of carboxylic acid groups (broad SMARTS) is 1. The minimum Gasteiger partial charge on any atom is -0.449 e. The summed E-state index contributed by atoms with van der Waals surface area (Å²) in [5, 5.41) is 14.3. The van der Waals surface area contributed by atoms with Gasteiger partial charge in [0.25, 0.3) is 0 Å². The summed E-state index contributed by atoms with van der Waals surface area (Å²) in [4.78, 5) is 52.1. The quantitative estimate of drug-likeness (QED) is 0.266. The molecule has 43 heavy (non-hydrogen) atoms. The van der Waals surface area contributed by atoms with Crippen molar-refractivity contribution in [2.75, 3.05) is 11.4 Å². The fourth-order valence-corrected chi connectivity index (χ4v) is 4.67. The number of fused-ring (bicyclic) bond motifs is 1. The zero-order chi connectivity index (χ0) is 32.5. The van der Waals surface area contributed by atoms with Crippen LogP contribution in [0.2, 0.25) is 0 Å². The molecule has 2 aromatic rings. The number of nitrogens with one attached hydrogen (secondary N) is 2. The second-order valence-electron chi connectivity index (χ2n) is 12.5. The van der Waals surface area contributed by atoms with Gasteiger partial charge in [0.05, 0.1) is 0 Å². The average Bonchev–Trinajstić information content (AvgIpc) is 2.87. The zero-order valence-electron chi connectivity index (χ0n) is 26.9. The van der Waals surface area contributed by atoms with E-state index in [9.17, 15) is 19.2 Å². The van der Waals surface area contributed by atoms with Gasteiger partial charge in [0.1, 0.15) is 23.4 Å². The predicted octanol–water partition coefficient (Wildman–Crippen LogP) is 5.94. The van der Waals surface area contributed by atoms with Gasteiger partial charge in [-0.05, 0) is 101 Å². The van der Waals surface area contributed by atoms with E-state index in [1.54, 1.807) is 58.6 Å². The highest BCUT2D eigenvalue weighted by molar-refractivity contribution is 6.00. The van der Waals surface area contributed by atoms with Crippen LogP contribution in [-0.2, 0) is 27.2 Å². The van der Waals surface area contributed by atoms with Crippen LogP contribution >= 0.6 is 0 Å². The van der Waals surface area contributed by atoms with Crippen molar-refractivity contribution in [1.82, 2.24) is 10.6 Å². The van der Waals surface area contributed by atoms with Gasteiger partial charge in [0.2, 0.25) is 11.8 Å². The van der Waals surface area contributed by atoms with E-state index in [-0.39, 0.29) is 18.1 Å². The highest BCUT2D eigenvalue weighted by Gasteiger charge is 2.31. The lowest BCUT2D eigenvalue weighted by Gasteiger charge is -2.32. The highest BCUT2D eigenvalue weighted by atomic mass is 16.7. The molecule has 1 heterocycles. The van der Waals surface area contributed by atoms with Crippen LogP contribution in [0.15, 0.2) is 36.4 Å². The predicted molar refractivity (Wildman–Crippen MR) is 167 cm³/mol. The third kappa shape index (κ3) is 11.3. The number of ether oxygens (including phenoxy) is 2.